The van der Waals surface area contributed by atoms with Gasteiger partial charge in [0.05, 0.1) is 6.61 Å². The Morgan fingerprint density at radius 3 is 3.07 bits per heavy atom. The highest BCUT2D eigenvalue weighted by atomic mass is 16.6. The Morgan fingerprint density at radius 1 is 1.53 bits per heavy atom. The summed E-state index contributed by atoms with van der Waals surface area (Å²) < 4.78 is 5.34. The highest BCUT2D eigenvalue weighted by Gasteiger charge is 2.26. The van der Waals surface area contributed by atoms with Crippen molar-refractivity contribution in [2.45, 2.75) is 12.7 Å². The summed E-state index contributed by atoms with van der Waals surface area (Å²) in [4.78, 5) is 15.5. The van der Waals surface area contributed by atoms with Crippen molar-refractivity contribution in [3.8, 4) is 0 Å². The molecule has 1 heterocycles. The summed E-state index contributed by atoms with van der Waals surface area (Å²) in [5.74, 6) is 0. The first-order chi connectivity index (χ1) is 7.36. The summed E-state index contributed by atoms with van der Waals surface area (Å²) in [5.41, 5.74) is 2.48. The molecular weight excluding hydrogens is 194 g/mol. The third kappa shape index (κ3) is 1.76. The smallest absolute Gasteiger partial charge is 0.159 e. The number of ether oxygens (including phenoxy) is 1. The van der Waals surface area contributed by atoms with E-state index in [9.17, 15) is 4.79 Å². The number of rotatable bonds is 2. The number of hydrogen-bond donors (Lipinski definition) is 0. The fourth-order valence-corrected chi connectivity index (χ4v) is 1.61. The van der Waals surface area contributed by atoms with Crippen molar-refractivity contribution in [3.05, 3.63) is 35.4 Å². The van der Waals surface area contributed by atoms with Crippen molar-refractivity contribution >= 4 is 12.0 Å². The van der Waals surface area contributed by atoms with Crippen LogP contribution in [0.5, 0.6) is 0 Å². The molecule has 4 heteroatoms. The Bertz CT molecular complexity index is 401. The van der Waals surface area contributed by atoms with Gasteiger partial charge in [0.2, 0.25) is 0 Å². The molecule has 15 heavy (non-hydrogen) atoms. The minimum Gasteiger partial charge on any atom is -0.399 e. The normalized spacial score (nSPS) is 22.2. The van der Waals surface area contributed by atoms with E-state index in [0.29, 0.717) is 12.3 Å². The quantitative estimate of drug-likeness (QED) is 0.537. The average molecular weight is 205 g/mol. The average Bonchev–Trinajstić information content (AvgIpc) is 2.30. The van der Waals surface area contributed by atoms with Gasteiger partial charge in [0.25, 0.3) is 0 Å². The van der Waals surface area contributed by atoms with Gasteiger partial charge in [0.15, 0.2) is 12.4 Å². The molecule has 1 aromatic rings. The van der Waals surface area contributed by atoms with Gasteiger partial charge in [-0.15, -0.1) is 0 Å². The minimum absolute atomic E-state index is 0.433. The van der Waals surface area contributed by atoms with Gasteiger partial charge < -0.3 is 9.57 Å². The Labute approximate surface area is 87.5 Å². The summed E-state index contributed by atoms with van der Waals surface area (Å²) in [6.45, 7) is 0.433. The molecule has 2 rings (SSSR count). The number of carbonyl (C=O) groups is 1. The Morgan fingerprint density at radius 2 is 2.33 bits per heavy atom. The van der Waals surface area contributed by atoms with E-state index < -0.39 is 6.10 Å². The second-order valence-corrected chi connectivity index (χ2v) is 3.18. The Balaban J connectivity index is 2.47. The monoisotopic (exact) mass is 205 g/mol. The molecule has 78 valence electrons. The van der Waals surface area contributed by atoms with Crippen LogP contribution in [0.15, 0.2) is 29.4 Å². The van der Waals surface area contributed by atoms with Crippen molar-refractivity contribution < 1.29 is 14.4 Å². The van der Waals surface area contributed by atoms with Crippen LogP contribution in [0.25, 0.3) is 0 Å². The van der Waals surface area contributed by atoms with E-state index in [-0.39, 0.29) is 0 Å². The molecule has 0 aliphatic carbocycles. The standard InChI is InChI=1S/C11H11NO3/c1-14-12-11-9-5-3-2-4-8(9)7-15-10(11)6-13/h2-6,10H,7H2,1H3. The van der Waals surface area contributed by atoms with Gasteiger partial charge >= 0.3 is 0 Å². The fraction of sp³-hybridized carbons (Fsp3) is 0.273. The summed E-state index contributed by atoms with van der Waals surface area (Å²) in [7, 11) is 1.45. The molecule has 0 amide bonds. The van der Waals surface area contributed by atoms with Crippen LogP contribution in [0.4, 0.5) is 0 Å². The van der Waals surface area contributed by atoms with Gasteiger partial charge in [0.1, 0.15) is 12.8 Å². The highest BCUT2D eigenvalue weighted by Crippen LogP contribution is 2.20. The molecule has 1 unspecified atom stereocenters. The van der Waals surface area contributed by atoms with Crippen LogP contribution < -0.4 is 0 Å². The summed E-state index contributed by atoms with van der Waals surface area (Å²) >= 11 is 0. The van der Waals surface area contributed by atoms with Gasteiger partial charge in [-0.3, -0.25) is 4.79 Å². The van der Waals surface area contributed by atoms with E-state index in [1.54, 1.807) is 0 Å². The third-order valence-corrected chi connectivity index (χ3v) is 2.29. The number of oxime groups is 1. The molecule has 0 saturated carbocycles. The number of hydrogen-bond acceptors (Lipinski definition) is 4. The molecule has 1 aliphatic heterocycles. The van der Waals surface area contributed by atoms with Crippen molar-refractivity contribution in [2.75, 3.05) is 7.11 Å². The highest BCUT2D eigenvalue weighted by molar-refractivity contribution is 6.12. The largest absolute Gasteiger partial charge is 0.399 e. The zero-order valence-corrected chi connectivity index (χ0v) is 8.34. The third-order valence-electron chi connectivity index (χ3n) is 2.29. The number of carbonyl (C=O) groups excluding carboxylic acids is 1. The van der Waals surface area contributed by atoms with Crippen LogP contribution in [-0.2, 0) is 21.0 Å². The summed E-state index contributed by atoms with van der Waals surface area (Å²) in [6, 6.07) is 7.68. The van der Waals surface area contributed by atoms with Crippen LogP contribution in [0, 0.1) is 0 Å². The van der Waals surface area contributed by atoms with Gasteiger partial charge in [0, 0.05) is 5.56 Å². The van der Waals surface area contributed by atoms with Gasteiger partial charge in [-0.2, -0.15) is 0 Å². The van der Waals surface area contributed by atoms with Crippen LogP contribution >= 0.6 is 0 Å². The lowest BCUT2D eigenvalue weighted by molar-refractivity contribution is -0.115. The van der Waals surface area contributed by atoms with Crippen LogP contribution in [0.2, 0.25) is 0 Å². The van der Waals surface area contributed by atoms with E-state index in [2.05, 4.69) is 5.16 Å². The molecule has 0 fully saturated rings. The summed E-state index contributed by atoms with van der Waals surface area (Å²) in [5, 5.41) is 3.84. The maximum absolute atomic E-state index is 10.8. The van der Waals surface area contributed by atoms with Gasteiger partial charge in [-0.25, -0.2) is 0 Å². The molecule has 0 N–H and O–H groups in total. The Hall–Kier alpha value is -1.68. The lowest BCUT2D eigenvalue weighted by Crippen LogP contribution is -2.32. The molecule has 0 radical (unpaired) electrons. The van der Waals surface area contributed by atoms with Gasteiger partial charge in [-0.1, -0.05) is 29.4 Å². The first kappa shape index (κ1) is 9.86. The SMILES string of the molecule is CON=C1c2ccccc2COC1C=O. The number of fused-ring (bicyclic) bond motifs is 1. The van der Waals surface area contributed by atoms with Crippen LogP contribution in [-0.4, -0.2) is 25.2 Å². The second kappa shape index (κ2) is 4.23. The van der Waals surface area contributed by atoms with E-state index in [0.717, 1.165) is 17.4 Å². The number of benzene rings is 1. The van der Waals surface area contributed by atoms with E-state index in [1.165, 1.54) is 7.11 Å². The van der Waals surface area contributed by atoms with Crippen molar-refractivity contribution in [1.29, 1.82) is 0 Å². The predicted octanol–water partition coefficient (Wildman–Crippen LogP) is 1.13. The first-order valence-electron chi connectivity index (χ1n) is 4.63. The van der Waals surface area contributed by atoms with Crippen LogP contribution in [0.1, 0.15) is 11.1 Å². The Kier molecular flexibility index (Phi) is 2.78. The van der Waals surface area contributed by atoms with E-state index in [4.69, 9.17) is 9.57 Å². The molecule has 1 aromatic carbocycles. The zero-order chi connectivity index (χ0) is 10.7. The van der Waals surface area contributed by atoms with Crippen molar-refractivity contribution in [3.63, 3.8) is 0 Å². The molecule has 0 bridgehead atoms. The fourth-order valence-electron chi connectivity index (χ4n) is 1.61. The van der Waals surface area contributed by atoms with Gasteiger partial charge in [-0.05, 0) is 5.56 Å². The number of nitrogens with zero attached hydrogens (tertiary/aromatic N) is 1. The van der Waals surface area contributed by atoms with Crippen molar-refractivity contribution in [2.24, 2.45) is 5.16 Å². The number of aldehydes is 1. The maximum atomic E-state index is 10.8. The maximum Gasteiger partial charge on any atom is 0.159 e. The molecule has 0 spiro atoms. The van der Waals surface area contributed by atoms with Crippen LogP contribution in [0.3, 0.4) is 0 Å². The zero-order valence-electron chi connectivity index (χ0n) is 8.34. The lowest BCUT2D eigenvalue weighted by Gasteiger charge is -2.22. The predicted molar refractivity (Wildman–Crippen MR) is 54.6 cm³/mol. The molecule has 0 aromatic heterocycles. The second-order valence-electron chi connectivity index (χ2n) is 3.18. The summed E-state index contributed by atoms with van der Waals surface area (Å²) in [6.07, 6.45) is 0.105. The van der Waals surface area contributed by atoms with E-state index >= 15 is 0 Å². The topological polar surface area (TPSA) is 47.9 Å². The lowest BCUT2D eigenvalue weighted by atomic mass is 9.98. The molecule has 1 aliphatic rings. The molecular formula is C11H11NO3. The molecule has 1 atom stereocenters. The minimum atomic E-state index is -0.625. The van der Waals surface area contributed by atoms with E-state index in [1.807, 2.05) is 24.3 Å². The molecule has 4 nitrogen and oxygen atoms in total. The van der Waals surface area contributed by atoms with Crippen molar-refractivity contribution in [1.82, 2.24) is 0 Å². The molecule has 0 saturated heterocycles. The first-order valence-corrected chi connectivity index (χ1v) is 4.63.